The summed E-state index contributed by atoms with van der Waals surface area (Å²) >= 11 is 0. The van der Waals surface area contributed by atoms with Crippen LogP contribution in [0.5, 0.6) is 0 Å². The monoisotopic (exact) mass is 442 g/mol. The summed E-state index contributed by atoms with van der Waals surface area (Å²) in [6.07, 6.45) is 1.38. The molecule has 4 aromatic carbocycles. The minimum absolute atomic E-state index is 0.633. The van der Waals surface area contributed by atoms with E-state index in [-0.39, 0.29) is 0 Å². The van der Waals surface area contributed by atoms with Crippen molar-refractivity contribution in [2.24, 2.45) is 0 Å². The molecule has 2 heterocycles. The molecule has 4 nitrogen and oxygen atoms in total. The first-order chi connectivity index (χ1) is 16.7. The van der Waals surface area contributed by atoms with Gasteiger partial charge >= 0.3 is 0 Å². The molecule has 0 unspecified atom stereocenters. The number of oxazole rings is 2. The zero-order valence-corrected chi connectivity index (χ0v) is 18.6. The molecule has 0 spiro atoms. The third-order valence-corrected chi connectivity index (χ3v) is 5.92. The third-order valence-electron chi connectivity index (χ3n) is 5.92. The van der Waals surface area contributed by atoms with Crippen LogP contribution >= 0.6 is 0 Å². The van der Waals surface area contributed by atoms with Crippen molar-refractivity contribution in [2.75, 3.05) is 0 Å². The minimum Gasteiger partial charge on any atom is -0.436 e. The van der Waals surface area contributed by atoms with Crippen molar-refractivity contribution in [3.05, 3.63) is 120 Å². The van der Waals surface area contributed by atoms with Gasteiger partial charge in [-0.1, -0.05) is 72.8 Å². The van der Waals surface area contributed by atoms with Gasteiger partial charge in [-0.15, -0.1) is 0 Å². The SMILES string of the molecule is C=C(Cc1cccc2nc(-c3ccccc3)oc12)Cc1cccc2nc(-c3ccccc3)oc12. The Labute approximate surface area is 197 Å². The summed E-state index contributed by atoms with van der Waals surface area (Å²) in [5, 5.41) is 0. The van der Waals surface area contributed by atoms with Gasteiger partial charge in [0.05, 0.1) is 0 Å². The van der Waals surface area contributed by atoms with Crippen LogP contribution in [0.25, 0.3) is 45.1 Å². The van der Waals surface area contributed by atoms with Crippen LogP contribution in [0.15, 0.2) is 118 Å². The van der Waals surface area contributed by atoms with E-state index < -0.39 is 0 Å². The lowest BCUT2D eigenvalue weighted by Gasteiger charge is -2.07. The van der Waals surface area contributed by atoms with Crippen molar-refractivity contribution in [2.45, 2.75) is 12.8 Å². The molecule has 2 aromatic heterocycles. The maximum absolute atomic E-state index is 6.18. The van der Waals surface area contributed by atoms with Crippen LogP contribution in [-0.4, -0.2) is 9.97 Å². The molecule has 0 N–H and O–H groups in total. The van der Waals surface area contributed by atoms with Gasteiger partial charge in [-0.2, -0.15) is 0 Å². The number of fused-ring (bicyclic) bond motifs is 2. The van der Waals surface area contributed by atoms with Gasteiger partial charge in [-0.3, -0.25) is 0 Å². The van der Waals surface area contributed by atoms with Gasteiger partial charge in [-0.25, -0.2) is 9.97 Å². The fourth-order valence-corrected chi connectivity index (χ4v) is 4.30. The molecule has 0 aliphatic carbocycles. The molecule has 6 rings (SSSR count). The average molecular weight is 443 g/mol. The smallest absolute Gasteiger partial charge is 0.227 e. The fraction of sp³-hybridized carbons (Fsp3) is 0.0667. The van der Waals surface area contributed by atoms with Gasteiger partial charge in [0.1, 0.15) is 11.0 Å². The van der Waals surface area contributed by atoms with Gasteiger partial charge in [0.2, 0.25) is 11.8 Å². The second-order valence-electron chi connectivity index (χ2n) is 8.40. The Morgan fingerprint density at radius 1 is 0.559 bits per heavy atom. The van der Waals surface area contributed by atoms with Crippen LogP contribution in [-0.2, 0) is 12.8 Å². The molecule has 0 amide bonds. The molecule has 6 aromatic rings. The van der Waals surface area contributed by atoms with Gasteiger partial charge in [0.15, 0.2) is 11.2 Å². The highest BCUT2D eigenvalue weighted by Crippen LogP contribution is 2.30. The van der Waals surface area contributed by atoms with Crippen molar-refractivity contribution in [3.63, 3.8) is 0 Å². The second kappa shape index (κ2) is 8.49. The molecular formula is C30H22N2O2. The van der Waals surface area contributed by atoms with Gasteiger partial charge < -0.3 is 8.83 Å². The highest BCUT2D eigenvalue weighted by Gasteiger charge is 2.15. The lowest BCUT2D eigenvalue weighted by atomic mass is 9.99. The van der Waals surface area contributed by atoms with E-state index in [9.17, 15) is 0 Å². The minimum atomic E-state index is 0.633. The number of hydrogen-bond donors (Lipinski definition) is 0. The van der Waals surface area contributed by atoms with Crippen molar-refractivity contribution >= 4 is 22.2 Å². The standard InChI is InChI=1S/C30H22N2O2/c1-20(18-23-14-8-16-25-27(23)33-29(31-25)21-10-4-2-5-11-21)19-24-15-9-17-26-28(24)34-30(32-26)22-12-6-3-7-13-22/h2-17H,1,18-19H2. The van der Waals surface area contributed by atoms with Gasteiger partial charge in [0, 0.05) is 22.3 Å². The van der Waals surface area contributed by atoms with Crippen LogP contribution < -0.4 is 0 Å². The largest absolute Gasteiger partial charge is 0.436 e. The number of nitrogens with zero attached hydrogens (tertiary/aromatic N) is 2. The third kappa shape index (κ3) is 3.80. The van der Waals surface area contributed by atoms with E-state index in [2.05, 4.69) is 28.7 Å². The van der Waals surface area contributed by atoms with E-state index in [1.807, 2.05) is 84.9 Å². The summed E-state index contributed by atoms with van der Waals surface area (Å²) in [7, 11) is 0. The Balaban J connectivity index is 1.28. The summed E-state index contributed by atoms with van der Waals surface area (Å²) < 4.78 is 12.4. The number of para-hydroxylation sites is 2. The summed E-state index contributed by atoms with van der Waals surface area (Å²) in [5.41, 5.74) is 8.49. The Bertz CT molecular complexity index is 1490. The van der Waals surface area contributed by atoms with E-state index in [1.165, 1.54) is 0 Å². The molecule has 4 heteroatoms. The van der Waals surface area contributed by atoms with E-state index in [4.69, 9.17) is 8.83 Å². The van der Waals surface area contributed by atoms with Crippen LogP contribution in [0, 0.1) is 0 Å². The molecule has 0 saturated carbocycles. The molecule has 0 bridgehead atoms. The van der Waals surface area contributed by atoms with Gasteiger partial charge in [0.25, 0.3) is 0 Å². The highest BCUT2D eigenvalue weighted by molar-refractivity contribution is 5.81. The lowest BCUT2D eigenvalue weighted by molar-refractivity contribution is 0.614. The summed E-state index contributed by atoms with van der Waals surface area (Å²) in [5.74, 6) is 1.27. The number of benzene rings is 4. The van der Waals surface area contributed by atoms with E-state index in [0.717, 1.165) is 50.0 Å². The molecule has 164 valence electrons. The number of hydrogen-bond acceptors (Lipinski definition) is 4. The molecule has 0 atom stereocenters. The van der Waals surface area contributed by atoms with Crippen LogP contribution in [0.4, 0.5) is 0 Å². The maximum Gasteiger partial charge on any atom is 0.227 e. The molecule has 0 fully saturated rings. The molecule has 0 aliphatic rings. The molecule has 0 aliphatic heterocycles. The first-order valence-electron chi connectivity index (χ1n) is 11.3. The van der Waals surface area contributed by atoms with Crippen molar-refractivity contribution in [1.82, 2.24) is 9.97 Å². The molecule has 0 saturated heterocycles. The van der Waals surface area contributed by atoms with E-state index in [1.54, 1.807) is 0 Å². The maximum atomic E-state index is 6.18. The Morgan fingerprint density at radius 3 is 1.44 bits per heavy atom. The second-order valence-corrected chi connectivity index (χ2v) is 8.40. The van der Waals surface area contributed by atoms with Crippen LogP contribution in [0.3, 0.4) is 0 Å². The van der Waals surface area contributed by atoms with E-state index >= 15 is 0 Å². The Kier molecular flexibility index (Phi) is 5.04. The average Bonchev–Trinajstić information content (AvgIpc) is 3.51. The number of rotatable bonds is 6. The topological polar surface area (TPSA) is 52.1 Å². The summed E-state index contributed by atoms with van der Waals surface area (Å²) in [6, 6.07) is 32.1. The van der Waals surface area contributed by atoms with Crippen LogP contribution in [0.1, 0.15) is 11.1 Å². The highest BCUT2D eigenvalue weighted by atomic mass is 16.4. The molecule has 34 heavy (non-hydrogen) atoms. The molecule has 0 radical (unpaired) electrons. The van der Waals surface area contributed by atoms with Crippen molar-refractivity contribution < 1.29 is 8.83 Å². The summed E-state index contributed by atoms with van der Waals surface area (Å²) in [6.45, 7) is 4.36. The molecular weight excluding hydrogens is 420 g/mol. The predicted octanol–water partition coefficient (Wildman–Crippen LogP) is 7.64. The van der Waals surface area contributed by atoms with Crippen LogP contribution in [0.2, 0.25) is 0 Å². The predicted molar refractivity (Wildman–Crippen MR) is 135 cm³/mol. The first-order valence-corrected chi connectivity index (χ1v) is 11.3. The van der Waals surface area contributed by atoms with Crippen molar-refractivity contribution in [3.8, 4) is 22.9 Å². The zero-order chi connectivity index (χ0) is 22.9. The Hall–Kier alpha value is -4.44. The van der Waals surface area contributed by atoms with Gasteiger partial charge in [-0.05, 0) is 49.2 Å². The Morgan fingerprint density at radius 2 is 1.00 bits per heavy atom. The normalized spacial score (nSPS) is 11.3. The fourth-order valence-electron chi connectivity index (χ4n) is 4.30. The number of allylic oxidation sites excluding steroid dienone is 1. The lowest BCUT2D eigenvalue weighted by Crippen LogP contribution is -1.95. The zero-order valence-electron chi connectivity index (χ0n) is 18.6. The summed E-state index contributed by atoms with van der Waals surface area (Å²) in [4.78, 5) is 9.38. The quantitative estimate of drug-likeness (QED) is 0.249. The number of aromatic nitrogens is 2. The van der Waals surface area contributed by atoms with E-state index in [0.29, 0.717) is 24.6 Å². The van der Waals surface area contributed by atoms with Crippen molar-refractivity contribution in [1.29, 1.82) is 0 Å². The first kappa shape index (κ1) is 20.2.